The van der Waals surface area contributed by atoms with Crippen LogP contribution in [0.5, 0.6) is 0 Å². The van der Waals surface area contributed by atoms with Gasteiger partial charge in [0.25, 0.3) is 0 Å². The Kier molecular flexibility index (Phi) is 2.73. The van der Waals surface area contributed by atoms with Crippen LogP contribution in [0.25, 0.3) is 0 Å². The molecule has 0 aromatic carbocycles. The Morgan fingerprint density at radius 2 is 2.40 bits per heavy atom. The van der Waals surface area contributed by atoms with E-state index in [1.165, 1.54) is 19.3 Å². The van der Waals surface area contributed by atoms with E-state index in [9.17, 15) is 0 Å². The van der Waals surface area contributed by atoms with Gasteiger partial charge in [0.05, 0.1) is 0 Å². The SMILES string of the molecule is c1csc(C2OCCC2CNC2CC2)n1. The highest BCUT2D eigenvalue weighted by atomic mass is 32.1. The molecule has 0 amide bonds. The van der Waals surface area contributed by atoms with Crippen LogP contribution in [0.2, 0.25) is 0 Å². The monoisotopic (exact) mass is 224 g/mol. The summed E-state index contributed by atoms with van der Waals surface area (Å²) >= 11 is 1.71. The van der Waals surface area contributed by atoms with Crippen molar-refractivity contribution >= 4 is 11.3 Å². The molecular weight excluding hydrogens is 208 g/mol. The van der Waals surface area contributed by atoms with Crippen LogP contribution < -0.4 is 5.32 Å². The summed E-state index contributed by atoms with van der Waals surface area (Å²) in [7, 11) is 0. The number of ether oxygens (including phenoxy) is 1. The molecule has 4 heteroatoms. The first-order valence-electron chi connectivity index (χ1n) is 5.68. The standard InChI is InChI=1S/C11H16N2OS/c1-2-9(1)13-7-8-3-5-14-10(8)11-12-4-6-15-11/h4,6,8-10,13H,1-3,5,7H2. The second-order valence-corrected chi connectivity index (χ2v) is 5.32. The van der Waals surface area contributed by atoms with Gasteiger partial charge in [0.2, 0.25) is 0 Å². The van der Waals surface area contributed by atoms with Crippen molar-refractivity contribution in [2.75, 3.05) is 13.2 Å². The van der Waals surface area contributed by atoms with Gasteiger partial charge >= 0.3 is 0 Å². The van der Waals surface area contributed by atoms with Gasteiger partial charge in [0, 0.05) is 36.7 Å². The average molecular weight is 224 g/mol. The van der Waals surface area contributed by atoms with Gasteiger partial charge in [-0.3, -0.25) is 0 Å². The molecule has 1 aromatic rings. The van der Waals surface area contributed by atoms with Crippen LogP contribution in [0.4, 0.5) is 0 Å². The highest BCUT2D eigenvalue weighted by Crippen LogP contribution is 2.35. The first-order chi connectivity index (χ1) is 7.43. The molecule has 2 fully saturated rings. The van der Waals surface area contributed by atoms with E-state index in [-0.39, 0.29) is 6.10 Å². The third-order valence-corrected chi connectivity index (χ3v) is 3.99. The quantitative estimate of drug-likeness (QED) is 0.849. The molecule has 2 unspecified atom stereocenters. The smallest absolute Gasteiger partial charge is 0.122 e. The van der Waals surface area contributed by atoms with Gasteiger partial charge in [-0.05, 0) is 19.3 Å². The average Bonchev–Trinajstić information content (AvgIpc) is 2.79. The van der Waals surface area contributed by atoms with E-state index in [2.05, 4.69) is 10.3 Å². The Bertz CT molecular complexity index is 310. The molecule has 1 saturated carbocycles. The Morgan fingerprint density at radius 3 is 3.13 bits per heavy atom. The number of nitrogens with one attached hydrogen (secondary N) is 1. The highest BCUT2D eigenvalue weighted by molar-refractivity contribution is 7.09. The van der Waals surface area contributed by atoms with E-state index in [0.29, 0.717) is 5.92 Å². The maximum Gasteiger partial charge on any atom is 0.122 e. The summed E-state index contributed by atoms with van der Waals surface area (Å²) in [6.45, 7) is 1.98. The number of thiazole rings is 1. The van der Waals surface area contributed by atoms with Crippen molar-refractivity contribution in [3.8, 4) is 0 Å². The van der Waals surface area contributed by atoms with E-state index in [4.69, 9.17) is 4.74 Å². The molecule has 0 bridgehead atoms. The third kappa shape index (κ3) is 2.22. The van der Waals surface area contributed by atoms with Crippen molar-refractivity contribution < 1.29 is 4.74 Å². The maximum atomic E-state index is 5.77. The second-order valence-electron chi connectivity index (χ2n) is 4.39. The zero-order valence-corrected chi connectivity index (χ0v) is 9.50. The molecule has 1 aliphatic heterocycles. The number of hydrogen-bond acceptors (Lipinski definition) is 4. The summed E-state index contributed by atoms with van der Waals surface area (Å²) < 4.78 is 5.77. The van der Waals surface area contributed by atoms with Gasteiger partial charge in [0.15, 0.2) is 0 Å². The lowest BCUT2D eigenvalue weighted by Crippen LogP contribution is -2.26. The van der Waals surface area contributed by atoms with Gasteiger partial charge in [0.1, 0.15) is 11.1 Å². The number of hydrogen-bond donors (Lipinski definition) is 1. The summed E-state index contributed by atoms with van der Waals surface area (Å²) in [5, 5.41) is 6.77. The van der Waals surface area contributed by atoms with Crippen LogP contribution in [0.1, 0.15) is 30.4 Å². The largest absolute Gasteiger partial charge is 0.371 e. The van der Waals surface area contributed by atoms with Gasteiger partial charge in [-0.15, -0.1) is 11.3 Å². The first kappa shape index (κ1) is 9.75. The van der Waals surface area contributed by atoms with Crippen LogP contribution in [-0.2, 0) is 4.74 Å². The van der Waals surface area contributed by atoms with Crippen molar-refractivity contribution in [1.82, 2.24) is 10.3 Å². The van der Waals surface area contributed by atoms with Gasteiger partial charge < -0.3 is 10.1 Å². The van der Waals surface area contributed by atoms with Crippen LogP contribution in [0.3, 0.4) is 0 Å². The Balaban J connectivity index is 1.61. The molecule has 3 rings (SSSR count). The molecule has 82 valence electrons. The number of rotatable bonds is 4. The summed E-state index contributed by atoms with van der Waals surface area (Å²) in [6, 6.07) is 0.794. The van der Waals surface area contributed by atoms with E-state index in [1.54, 1.807) is 11.3 Å². The van der Waals surface area contributed by atoms with E-state index in [1.807, 2.05) is 11.6 Å². The lowest BCUT2D eigenvalue weighted by molar-refractivity contribution is 0.0902. The predicted molar refractivity (Wildman–Crippen MR) is 59.9 cm³/mol. The Labute approximate surface area is 93.9 Å². The summed E-state index contributed by atoms with van der Waals surface area (Å²) in [4.78, 5) is 4.36. The fourth-order valence-corrected chi connectivity index (χ4v) is 2.87. The number of nitrogens with zero attached hydrogens (tertiary/aromatic N) is 1. The van der Waals surface area contributed by atoms with Crippen molar-refractivity contribution in [3.63, 3.8) is 0 Å². The molecule has 0 radical (unpaired) electrons. The maximum absolute atomic E-state index is 5.77. The van der Waals surface area contributed by atoms with Crippen molar-refractivity contribution in [2.24, 2.45) is 5.92 Å². The molecule has 1 N–H and O–H groups in total. The number of aromatic nitrogens is 1. The van der Waals surface area contributed by atoms with Crippen LogP contribution in [0, 0.1) is 5.92 Å². The van der Waals surface area contributed by atoms with Gasteiger partial charge in [-0.1, -0.05) is 0 Å². The van der Waals surface area contributed by atoms with Gasteiger partial charge in [-0.2, -0.15) is 0 Å². The molecule has 1 aromatic heterocycles. The summed E-state index contributed by atoms with van der Waals surface area (Å²) in [6.07, 6.45) is 6.00. The van der Waals surface area contributed by atoms with Crippen molar-refractivity contribution in [3.05, 3.63) is 16.6 Å². The van der Waals surface area contributed by atoms with Crippen molar-refractivity contribution in [1.29, 1.82) is 0 Å². The summed E-state index contributed by atoms with van der Waals surface area (Å²) in [5.74, 6) is 0.622. The Morgan fingerprint density at radius 1 is 1.47 bits per heavy atom. The van der Waals surface area contributed by atoms with E-state index < -0.39 is 0 Å². The Hall–Kier alpha value is -0.450. The van der Waals surface area contributed by atoms with Crippen LogP contribution in [-0.4, -0.2) is 24.2 Å². The zero-order valence-electron chi connectivity index (χ0n) is 8.69. The minimum Gasteiger partial charge on any atom is -0.371 e. The second kappa shape index (κ2) is 4.20. The van der Waals surface area contributed by atoms with Crippen LogP contribution >= 0.6 is 11.3 Å². The molecule has 3 nitrogen and oxygen atoms in total. The normalized spacial score (nSPS) is 30.9. The molecular formula is C11H16N2OS. The molecule has 1 saturated heterocycles. The lowest BCUT2D eigenvalue weighted by atomic mass is 10.0. The van der Waals surface area contributed by atoms with Crippen LogP contribution in [0.15, 0.2) is 11.6 Å². The van der Waals surface area contributed by atoms with Gasteiger partial charge in [-0.25, -0.2) is 4.98 Å². The molecule has 2 aliphatic rings. The first-order valence-corrected chi connectivity index (χ1v) is 6.56. The van der Waals surface area contributed by atoms with E-state index >= 15 is 0 Å². The zero-order chi connectivity index (χ0) is 10.1. The van der Waals surface area contributed by atoms with E-state index in [0.717, 1.165) is 24.2 Å². The third-order valence-electron chi connectivity index (χ3n) is 3.16. The topological polar surface area (TPSA) is 34.1 Å². The molecule has 2 heterocycles. The predicted octanol–water partition coefficient (Wildman–Crippen LogP) is 1.97. The van der Waals surface area contributed by atoms with Crippen molar-refractivity contribution in [2.45, 2.75) is 31.4 Å². The summed E-state index contributed by atoms with van der Waals surface area (Å²) in [5.41, 5.74) is 0. The fourth-order valence-electron chi connectivity index (χ4n) is 2.10. The highest BCUT2D eigenvalue weighted by Gasteiger charge is 2.32. The fraction of sp³-hybridized carbons (Fsp3) is 0.727. The lowest BCUT2D eigenvalue weighted by Gasteiger charge is -2.16. The molecule has 15 heavy (non-hydrogen) atoms. The molecule has 1 aliphatic carbocycles. The molecule has 0 spiro atoms. The minimum atomic E-state index is 0.247. The minimum absolute atomic E-state index is 0.247. The molecule has 2 atom stereocenters.